The van der Waals surface area contributed by atoms with Gasteiger partial charge in [-0.15, -0.1) is 4.57 Å². The van der Waals surface area contributed by atoms with Crippen molar-refractivity contribution < 1.29 is 9.12 Å². The average molecular weight is 369 g/mol. The van der Waals surface area contributed by atoms with Crippen molar-refractivity contribution in [1.82, 2.24) is 14.5 Å². The van der Waals surface area contributed by atoms with E-state index in [9.17, 15) is 14.4 Å². The molecule has 0 spiro atoms. The van der Waals surface area contributed by atoms with Crippen molar-refractivity contribution in [1.29, 1.82) is 0 Å². The van der Waals surface area contributed by atoms with Crippen molar-refractivity contribution in [3.8, 4) is 5.69 Å². The van der Waals surface area contributed by atoms with Crippen molar-refractivity contribution in [2.75, 3.05) is 0 Å². The normalized spacial score (nSPS) is 11.2. The highest BCUT2D eigenvalue weighted by molar-refractivity contribution is 6.34. The van der Waals surface area contributed by atoms with E-state index in [1.165, 1.54) is 0 Å². The van der Waals surface area contributed by atoms with E-state index < -0.39 is 16.7 Å². The van der Waals surface area contributed by atoms with E-state index in [4.69, 9.17) is 23.2 Å². The summed E-state index contributed by atoms with van der Waals surface area (Å²) in [5.41, 5.74) is 0.729. The van der Waals surface area contributed by atoms with Crippen LogP contribution in [0.15, 0.2) is 23.1 Å². The Bertz CT molecular complexity index is 1040. The second kappa shape index (κ2) is 5.99. The van der Waals surface area contributed by atoms with E-state index >= 15 is 0 Å². The van der Waals surface area contributed by atoms with Crippen molar-refractivity contribution >= 4 is 34.2 Å². The first-order valence-electron chi connectivity index (χ1n) is 7.01. The van der Waals surface area contributed by atoms with Crippen LogP contribution in [0.3, 0.4) is 0 Å². The fourth-order valence-electron chi connectivity index (χ4n) is 2.57. The molecule has 0 amide bonds. The average Bonchev–Trinajstić information content (AvgIpc) is 2.54. The smallest absolute Gasteiger partial charge is 0.441 e. The van der Waals surface area contributed by atoms with Crippen LogP contribution in [0.2, 0.25) is 10.3 Å². The van der Waals surface area contributed by atoms with Crippen molar-refractivity contribution in [2.24, 2.45) is 0 Å². The number of hydrogen-bond acceptors (Lipinski definition) is 4. The van der Waals surface area contributed by atoms with Crippen molar-refractivity contribution in [2.45, 2.75) is 20.3 Å². The largest absolute Gasteiger partial charge is 0.709 e. The van der Waals surface area contributed by atoms with E-state index in [0.29, 0.717) is 23.4 Å². The Morgan fingerprint density at radius 2 is 2.12 bits per heavy atom. The summed E-state index contributed by atoms with van der Waals surface area (Å²) >= 11 is 11.6. The van der Waals surface area contributed by atoms with Crippen LogP contribution in [0.25, 0.3) is 16.7 Å². The highest BCUT2D eigenvalue weighted by Gasteiger charge is 2.26. The van der Waals surface area contributed by atoms with Gasteiger partial charge in [0.15, 0.2) is 16.7 Å². The lowest BCUT2D eigenvalue weighted by Gasteiger charge is -2.14. The summed E-state index contributed by atoms with van der Waals surface area (Å²) in [7, 11) is 0. The van der Waals surface area contributed by atoms with Crippen LogP contribution >= 0.6 is 23.2 Å². The molecule has 0 bridgehead atoms. The number of rotatable bonds is 2. The number of aromatic nitrogens is 4. The minimum atomic E-state index is -0.952. The van der Waals surface area contributed by atoms with Gasteiger partial charge in [-0.05, 0) is 42.6 Å². The highest BCUT2D eigenvalue weighted by atomic mass is 35.5. The van der Waals surface area contributed by atoms with Crippen LogP contribution in [0, 0.1) is 17.9 Å². The number of halogens is 3. The lowest BCUT2D eigenvalue weighted by Crippen LogP contribution is -2.37. The van der Waals surface area contributed by atoms with Gasteiger partial charge in [-0.25, -0.2) is 13.9 Å². The van der Waals surface area contributed by atoms with E-state index in [1.807, 2.05) is 6.92 Å². The van der Waals surface area contributed by atoms with Crippen LogP contribution < -0.4 is 10.4 Å². The second-order valence-electron chi connectivity index (χ2n) is 5.11. The van der Waals surface area contributed by atoms with Crippen molar-refractivity contribution in [3.63, 3.8) is 0 Å². The molecule has 0 aliphatic rings. The van der Waals surface area contributed by atoms with Gasteiger partial charge in [-0.2, -0.15) is 4.98 Å². The van der Waals surface area contributed by atoms with Gasteiger partial charge in [-0.1, -0.05) is 18.5 Å². The van der Waals surface area contributed by atoms with E-state index in [-0.39, 0.29) is 20.9 Å². The third kappa shape index (κ3) is 2.40. The molecule has 0 aliphatic carbocycles. The van der Waals surface area contributed by atoms with Crippen molar-refractivity contribution in [3.05, 3.63) is 61.4 Å². The van der Waals surface area contributed by atoms with Gasteiger partial charge in [-0.3, -0.25) is 4.98 Å². The molecule has 0 unspecified atom stereocenters. The maximum absolute atomic E-state index is 13.8. The third-order valence-electron chi connectivity index (χ3n) is 3.66. The summed E-state index contributed by atoms with van der Waals surface area (Å²) in [4.78, 5) is 20.4. The van der Waals surface area contributed by atoms with Gasteiger partial charge in [0.2, 0.25) is 5.15 Å². The zero-order valence-corrected chi connectivity index (χ0v) is 14.2. The maximum Gasteiger partial charge on any atom is 0.441 e. The number of aryl methyl sites for hydroxylation is 2. The molecule has 9 heteroatoms. The zero-order chi connectivity index (χ0) is 17.6. The molecule has 124 valence electrons. The molecular formula is C15H11Cl2FN4O2. The Labute approximate surface area is 145 Å². The molecule has 3 aromatic rings. The molecule has 0 saturated carbocycles. The molecule has 0 aromatic carbocycles. The fraction of sp³-hybridized carbons (Fsp3) is 0.200. The SMILES string of the molecule is CCc1nccc(C)c1-n1c(=O)nc(Cl)c2cc(F)c(Cl)[n+]([O-])c21. The Morgan fingerprint density at radius 1 is 1.42 bits per heavy atom. The number of hydrogen-bond donors (Lipinski definition) is 0. The molecule has 0 N–H and O–H groups in total. The van der Waals surface area contributed by atoms with Crippen LogP contribution in [-0.4, -0.2) is 14.5 Å². The summed E-state index contributed by atoms with van der Waals surface area (Å²) in [5, 5.41) is 11.5. The van der Waals surface area contributed by atoms with Crippen LogP contribution in [0.1, 0.15) is 18.2 Å². The summed E-state index contributed by atoms with van der Waals surface area (Å²) in [5.74, 6) is -0.952. The third-order valence-corrected chi connectivity index (χ3v) is 4.28. The number of pyridine rings is 2. The predicted molar refractivity (Wildman–Crippen MR) is 88.2 cm³/mol. The number of nitrogens with zero attached hydrogens (tertiary/aromatic N) is 4. The van der Waals surface area contributed by atoms with Gasteiger partial charge in [0.05, 0.1) is 5.69 Å². The summed E-state index contributed by atoms with van der Waals surface area (Å²) in [6.45, 7) is 3.63. The Balaban J connectivity index is 2.60. The molecule has 3 aromatic heterocycles. The standard InChI is InChI=1S/C15H11Cl2FN4O2/c1-3-10-11(7(2)4-5-19-10)21-14-8(12(16)20-15(21)23)6-9(18)13(17)22(14)24/h4-6H,3H2,1-2H3. The van der Waals surface area contributed by atoms with Gasteiger partial charge < -0.3 is 5.21 Å². The lowest BCUT2D eigenvalue weighted by atomic mass is 10.1. The Hall–Kier alpha value is -2.25. The summed E-state index contributed by atoms with van der Waals surface area (Å²) in [6.07, 6.45) is 2.12. The number of fused-ring (bicyclic) bond motifs is 1. The van der Waals surface area contributed by atoms with E-state index in [2.05, 4.69) is 9.97 Å². The van der Waals surface area contributed by atoms with Crippen LogP contribution in [-0.2, 0) is 6.42 Å². The molecular weight excluding hydrogens is 358 g/mol. The molecule has 0 atom stereocenters. The zero-order valence-electron chi connectivity index (χ0n) is 12.7. The minimum absolute atomic E-state index is 0.0153. The molecule has 24 heavy (non-hydrogen) atoms. The molecule has 0 saturated heterocycles. The first-order chi connectivity index (χ1) is 11.4. The second-order valence-corrected chi connectivity index (χ2v) is 5.83. The molecule has 6 nitrogen and oxygen atoms in total. The molecule has 0 radical (unpaired) electrons. The fourth-order valence-corrected chi connectivity index (χ4v) is 2.92. The molecule has 3 rings (SSSR count). The molecule has 0 fully saturated rings. The lowest BCUT2D eigenvalue weighted by molar-refractivity contribution is -0.579. The summed E-state index contributed by atoms with van der Waals surface area (Å²) < 4.78 is 15.0. The quantitative estimate of drug-likeness (QED) is 0.301. The van der Waals surface area contributed by atoms with Gasteiger partial charge in [0.1, 0.15) is 5.39 Å². The molecule has 0 aliphatic heterocycles. The maximum atomic E-state index is 13.8. The molecule has 3 heterocycles. The first-order valence-corrected chi connectivity index (χ1v) is 7.77. The highest BCUT2D eigenvalue weighted by Crippen LogP contribution is 2.25. The minimum Gasteiger partial charge on any atom is -0.709 e. The Morgan fingerprint density at radius 3 is 2.79 bits per heavy atom. The first kappa shape index (κ1) is 16.6. The van der Waals surface area contributed by atoms with Gasteiger partial charge in [0.25, 0.3) is 0 Å². The predicted octanol–water partition coefficient (Wildman–Crippen LogP) is 2.73. The van der Waals surface area contributed by atoms with Gasteiger partial charge >= 0.3 is 11.3 Å². The topological polar surface area (TPSA) is 74.7 Å². The van der Waals surface area contributed by atoms with Crippen LogP contribution in [0.5, 0.6) is 0 Å². The van der Waals surface area contributed by atoms with Crippen LogP contribution in [0.4, 0.5) is 4.39 Å². The monoisotopic (exact) mass is 368 g/mol. The van der Waals surface area contributed by atoms with E-state index in [1.54, 1.807) is 19.2 Å². The van der Waals surface area contributed by atoms with Gasteiger partial charge in [0, 0.05) is 6.20 Å². The summed E-state index contributed by atoms with van der Waals surface area (Å²) in [6, 6.07) is 2.68. The van der Waals surface area contributed by atoms with E-state index in [0.717, 1.165) is 10.6 Å². The Kier molecular flexibility index (Phi) is 4.15.